The summed E-state index contributed by atoms with van der Waals surface area (Å²) >= 11 is 3.68. The SMILES string of the molecule is COc1cc(CNCCc2c[nH]c3ccccc23)c(Br)cc1OCc1ccccc1. The first kappa shape index (κ1) is 20.5. The van der Waals surface area contributed by atoms with Crippen molar-refractivity contribution in [1.82, 2.24) is 10.3 Å². The minimum atomic E-state index is 0.506. The number of aromatic amines is 1. The molecule has 0 amide bonds. The second-order valence-corrected chi connectivity index (χ2v) is 8.01. The van der Waals surface area contributed by atoms with E-state index in [1.165, 1.54) is 16.5 Å². The highest BCUT2D eigenvalue weighted by molar-refractivity contribution is 9.10. The maximum atomic E-state index is 5.99. The summed E-state index contributed by atoms with van der Waals surface area (Å²) in [7, 11) is 1.67. The molecule has 154 valence electrons. The Morgan fingerprint density at radius 2 is 1.73 bits per heavy atom. The molecule has 0 radical (unpaired) electrons. The van der Waals surface area contributed by atoms with Crippen LogP contribution in [0, 0.1) is 0 Å². The lowest BCUT2D eigenvalue weighted by molar-refractivity contribution is 0.284. The highest BCUT2D eigenvalue weighted by atomic mass is 79.9. The van der Waals surface area contributed by atoms with Crippen LogP contribution in [0.2, 0.25) is 0 Å². The Balaban J connectivity index is 1.35. The smallest absolute Gasteiger partial charge is 0.162 e. The van der Waals surface area contributed by atoms with Crippen molar-refractivity contribution in [1.29, 1.82) is 0 Å². The van der Waals surface area contributed by atoms with Gasteiger partial charge >= 0.3 is 0 Å². The van der Waals surface area contributed by atoms with E-state index in [1.54, 1.807) is 7.11 Å². The average Bonchev–Trinajstić information content (AvgIpc) is 3.20. The summed E-state index contributed by atoms with van der Waals surface area (Å²) in [6, 6.07) is 22.5. The van der Waals surface area contributed by atoms with Crippen LogP contribution in [0.25, 0.3) is 10.9 Å². The molecule has 0 bridgehead atoms. The molecule has 0 aliphatic carbocycles. The number of hydrogen-bond donors (Lipinski definition) is 2. The first-order valence-electron chi connectivity index (χ1n) is 10.0. The van der Waals surface area contributed by atoms with Crippen molar-refractivity contribution in [2.75, 3.05) is 13.7 Å². The number of para-hydroxylation sites is 1. The fourth-order valence-corrected chi connectivity index (χ4v) is 3.97. The van der Waals surface area contributed by atoms with Crippen molar-refractivity contribution in [3.8, 4) is 11.5 Å². The van der Waals surface area contributed by atoms with Gasteiger partial charge in [0.1, 0.15) is 6.61 Å². The fraction of sp³-hybridized carbons (Fsp3) is 0.200. The van der Waals surface area contributed by atoms with Crippen LogP contribution in [0.1, 0.15) is 16.7 Å². The Morgan fingerprint density at radius 1 is 0.933 bits per heavy atom. The molecule has 30 heavy (non-hydrogen) atoms. The van der Waals surface area contributed by atoms with Gasteiger partial charge in [-0.2, -0.15) is 0 Å². The van der Waals surface area contributed by atoms with E-state index in [-0.39, 0.29) is 0 Å². The van der Waals surface area contributed by atoms with Gasteiger partial charge in [0.2, 0.25) is 0 Å². The van der Waals surface area contributed by atoms with Gasteiger partial charge in [-0.15, -0.1) is 0 Å². The Kier molecular flexibility index (Phi) is 6.72. The predicted octanol–water partition coefficient (Wildman–Crippen LogP) is 5.85. The van der Waals surface area contributed by atoms with Crippen LogP contribution in [0.4, 0.5) is 0 Å². The number of nitrogens with one attached hydrogen (secondary N) is 2. The fourth-order valence-electron chi connectivity index (χ4n) is 3.50. The van der Waals surface area contributed by atoms with Crippen LogP contribution in [0.5, 0.6) is 11.5 Å². The first-order chi connectivity index (χ1) is 14.7. The summed E-state index contributed by atoms with van der Waals surface area (Å²) in [5, 5.41) is 4.83. The molecule has 1 heterocycles. The molecular weight excluding hydrogens is 440 g/mol. The third-order valence-electron chi connectivity index (χ3n) is 5.13. The summed E-state index contributed by atoms with van der Waals surface area (Å²) < 4.78 is 12.6. The Bertz CT molecular complexity index is 1110. The molecule has 0 atom stereocenters. The van der Waals surface area contributed by atoms with E-state index in [0.717, 1.165) is 46.6 Å². The molecule has 5 heteroatoms. The van der Waals surface area contributed by atoms with Crippen LogP contribution >= 0.6 is 15.9 Å². The van der Waals surface area contributed by atoms with Crippen molar-refractivity contribution < 1.29 is 9.47 Å². The largest absolute Gasteiger partial charge is 0.493 e. The zero-order valence-corrected chi connectivity index (χ0v) is 18.5. The molecule has 4 nitrogen and oxygen atoms in total. The van der Waals surface area contributed by atoms with Crippen LogP contribution in [0.3, 0.4) is 0 Å². The normalized spacial score (nSPS) is 11.0. The molecule has 0 saturated carbocycles. The Morgan fingerprint density at radius 3 is 2.57 bits per heavy atom. The number of aromatic nitrogens is 1. The standard InChI is InChI=1S/C25H25BrN2O2/c1-29-24-13-20(22(26)14-25(24)30-17-18-7-3-2-4-8-18)15-27-12-11-19-16-28-23-10-6-5-9-21(19)23/h2-10,13-14,16,27-28H,11-12,15,17H2,1H3. The van der Waals surface area contributed by atoms with E-state index in [1.807, 2.05) is 42.5 Å². The van der Waals surface area contributed by atoms with Crippen LogP contribution in [-0.2, 0) is 19.6 Å². The minimum absolute atomic E-state index is 0.506. The van der Waals surface area contributed by atoms with Gasteiger partial charge in [-0.3, -0.25) is 0 Å². The number of hydrogen-bond acceptors (Lipinski definition) is 3. The molecular formula is C25H25BrN2O2. The lowest BCUT2D eigenvalue weighted by Crippen LogP contribution is -2.17. The van der Waals surface area contributed by atoms with Crippen molar-refractivity contribution >= 4 is 26.8 Å². The van der Waals surface area contributed by atoms with E-state index in [2.05, 4.69) is 56.7 Å². The number of rotatable bonds is 9. The third kappa shape index (κ3) is 4.86. The van der Waals surface area contributed by atoms with Gasteiger partial charge in [0.25, 0.3) is 0 Å². The maximum absolute atomic E-state index is 5.99. The number of methoxy groups -OCH3 is 1. The van der Waals surface area contributed by atoms with Gasteiger partial charge in [0.15, 0.2) is 11.5 Å². The van der Waals surface area contributed by atoms with Crippen molar-refractivity contribution in [2.45, 2.75) is 19.6 Å². The third-order valence-corrected chi connectivity index (χ3v) is 5.87. The summed E-state index contributed by atoms with van der Waals surface area (Å²) in [5.74, 6) is 1.47. The van der Waals surface area contributed by atoms with Gasteiger partial charge in [-0.25, -0.2) is 0 Å². The average molecular weight is 465 g/mol. The summed E-state index contributed by atoms with van der Waals surface area (Å²) in [6.45, 7) is 2.15. The lowest BCUT2D eigenvalue weighted by atomic mass is 10.1. The lowest BCUT2D eigenvalue weighted by Gasteiger charge is -2.14. The van der Waals surface area contributed by atoms with E-state index in [9.17, 15) is 0 Å². The second kappa shape index (κ2) is 9.83. The number of ether oxygens (including phenoxy) is 2. The van der Waals surface area contributed by atoms with E-state index in [0.29, 0.717) is 6.61 Å². The molecule has 0 spiro atoms. The van der Waals surface area contributed by atoms with Crippen molar-refractivity contribution in [3.05, 3.63) is 94.1 Å². The van der Waals surface area contributed by atoms with Crippen LogP contribution in [0.15, 0.2) is 77.4 Å². The molecule has 0 saturated heterocycles. The number of halogens is 1. The zero-order valence-electron chi connectivity index (χ0n) is 17.0. The summed E-state index contributed by atoms with van der Waals surface area (Å²) in [6.07, 6.45) is 3.07. The zero-order chi connectivity index (χ0) is 20.8. The van der Waals surface area contributed by atoms with Gasteiger partial charge in [0.05, 0.1) is 7.11 Å². The summed E-state index contributed by atoms with van der Waals surface area (Å²) in [4.78, 5) is 3.34. The first-order valence-corrected chi connectivity index (χ1v) is 10.8. The monoisotopic (exact) mass is 464 g/mol. The molecule has 0 unspecified atom stereocenters. The topological polar surface area (TPSA) is 46.3 Å². The van der Waals surface area contributed by atoms with Crippen LogP contribution < -0.4 is 14.8 Å². The highest BCUT2D eigenvalue weighted by Gasteiger charge is 2.11. The quantitative estimate of drug-likeness (QED) is 0.305. The van der Waals surface area contributed by atoms with E-state index >= 15 is 0 Å². The maximum Gasteiger partial charge on any atom is 0.162 e. The van der Waals surface area contributed by atoms with Gasteiger partial charge in [-0.05, 0) is 47.9 Å². The summed E-state index contributed by atoms with van der Waals surface area (Å²) in [5.41, 5.74) is 4.78. The number of benzene rings is 3. The minimum Gasteiger partial charge on any atom is -0.493 e. The molecule has 0 fully saturated rings. The van der Waals surface area contributed by atoms with Crippen molar-refractivity contribution in [2.24, 2.45) is 0 Å². The van der Waals surface area contributed by atoms with Crippen LogP contribution in [-0.4, -0.2) is 18.6 Å². The van der Waals surface area contributed by atoms with E-state index < -0.39 is 0 Å². The van der Waals surface area contributed by atoms with Crippen molar-refractivity contribution in [3.63, 3.8) is 0 Å². The van der Waals surface area contributed by atoms with Gasteiger partial charge in [-0.1, -0.05) is 64.5 Å². The molecule has 0 aliphatic heterocycles. The molecule has 2 N–H and O–H groups in total. The molecule has 4 aromatic rings. The second-order valence-electron chi connectivity index (χ2n) is 7.16. The Hall–Kier alpha value is -2.76. The molecule has 4 rings (SSSR count). The molecule has 1 aromatic heterocycles. The predicted molar refractivity (Wildman–Crippen MR) is 125 cm³/mol. The number of fused-ring (bicyclic) bond motifs is 1. The highest BCUT2D eigenvalue weighted by Crippen LogP contribution is 2.34. The number of H-pyrrole nitrogens is 1. The van der Waals surface area contributed by atoms with E-state index in [4.69, 9.17) is 9.47 Å². The molecule has 0 aliphatic rings. The van der Waals surface area contributed by atoms with Gasteiger partial charge in [0, 0.05) is 28.1 Å². The molecule has 3 aromatic carbocycles. The van der Waals surface area contributed by atoms with Gasteiger partial charge < -0.3 is 19.8 Å². The Labute approximate surface area is 185 Å².